The molecule has 1 aromatic carbocycles. The number of nitrogens with zero attached hydrogens (tertiary/aromatic N) is 4. The van der Waals surface area contributed by atoms with Crippen molar-refractivity contribution in [3.8, 4) is 0 Å². The largest absolute Gasteiger partial charge is 0.340 e. The molecule has 0 spiro atoms. The number of hydrogen-bond donors (Lipinski definition) is 1. The Balaban J connectivity index is 1.39. The molecule has 5 rings (SSSR count). The highest BCUT2D eigenvalue weighted by atomic mass is 16.2. The third kappa shape index (κ3) is 2.50. The molecule has 3 aliphatic rings. The van der Waals surface area contributed by atoms with Crippen LogP contribution in [0, 0.1) is 0 Å². The van der Waals surface area contributed by atoms with Crippen LogP contribution in [0.5, 0.6) is 0 Å². The first-order valence-electron chi connectivity index (χ1n) is 9.58. The quantitative estimate of drug-likeness (QED) is 0.894. The van der Waals surface area contributed by atoms with Crippen LogP contribution in [0.4, 0.5) is 0 Å². The SMILES string of the molecule is C[C@]1(CC(=O)N2CCC[C@H]2c2nc3ccccc3[nH]2)C(=O)N=C2C=CC=CN21. The van der Waals surface area contributed by atoms with Gasteiger partial charge in [-0.25, -0.2) is 4.98 Å². The highest BCUT2D eigenvalue weighted by Gasteiger charge is 2.48. The van der Waals surface area contributed by atoms with Gasteiger partial charge in [-0.15, -0.1) is 0 Å². The third-order valence-electron chi connectivity index (χ3n) is 5.84. The van der Waals surface area contributed by atoms with Crippen LogP contribution in [0.3, 0.4) is 0 Å². The minimum Gasteiger partial charge on any atom is -0.340 e. The molecule has 1 saturated heterocycles. The van der Waals surface area contributed by atoms with E-state index in [1.165, 1.54) is 0 Å². The Morgan fingerprint density at radius 1 is 1.32 bits per heavy atom. The van der Waals surface area contributed by atoms with Gasteiger partial charge in [0.15, 0.2) is 0 Å². The van der Waals surface area contributed by atoms with Crippen molar-refractivity contribution < 1.29 is 9.59 Å². The number of amides is 2. The fourth-order valence-electron chi connectivity index (χ4n) is 4.31. The molecule has 2 aromatic rings. The molecule has 4 heterocycles. The number of allylic oxidation sites excluding steroid dienone is 2. The number of benzene rings is 1. The molecule has 142 valence electrons. The number of imidazole rings is 1. The van der Waals surface area contributed by atoms with Gasteiger partial charge in [0.2, 0.25) is 5.91 Å². The van der Waals surface area contributed by atoms with Gasteiger partial charge in [0.05, 0.1) is 23.5 Å². The van der Waals surface area contributed by atoms with Gasteiger partial charge in [-0.05, 0) is 44.1 Å². The summed E-state index contributed by atoms with van der Waals surface area (Å²) in [5.41, 5.74) is 0.894. The van der Waals surface area contributed by atoms with E-state index in [9.17, 15) is 9.59 Å². The lowest BCUT2D eigenvalue weighted by Crippen LogP contribution is -2.50. The number of nitrogens with one attached hydrogen (secondary N) is 1. The number of aromatic nitrogens is 2. The standard InChI is InChI=1S/C21H21N5O2/c1-21(20(28)24-17-10-4-5-12-26(17)21)13-18(27)25-11-6-9-16(25)19-22-14-7-2-3-8-15(14)23-19/h2-5,7-8,10,12,16H,6,9,11,13H2,1H3,(H,22,23)/t16-,21-/m0/s1. The highest BCUT2D eigenvalue weighted by molar-refractivity contribution is 6.13. The van der Waals surface area contributed by atoms with E-state index < -0.39 is 5.54 Å². The maximum absolute atomic E-state index is 13.2. The molecule has 1 N–H and O–H groups in total. The molecular weight excluding hydrogens is 354 g/mol. The molecule has 28 heavy (non-hydrogen) atoms. The van der Waals surface area contributed by atoms with E-state index in [1.807, 2.05) is 47.5 Å². The lowest BCUT2D eigenvalue weighted by molar-refractivity contribution is -0.138. The van der Waals surface area contributed by atoms with Crippen molar-refractivity contribution in [1.29, 1.82) is 0 Å². The van der Waals surface area contributed by atoms with Gasteiger partial charge < -0.3 is 14.8 Å². The summed E-state index contributed by atoms with van der Waals surface area (Å²) in [4.78, 5) is 41.7. The Labute approximate surface area is 162 Å². The number of hydrogen-bond acceptors (Lipinski definition) is 4. The van der Waals surface area contributed by atoms with Crippen LogP contribution in [-0.4, -0.2) is 49.5 Å². The fourth-order valence-corrected chi connectivity index (χ4v) is 4.31. The number of likely N-dealkylation sites (tertiary alicyclic amines) is 1. The van der Waals surface area contributed by atoms with Crippen LogP contribution in [-0.2, 0) is 9.59 Å². The molecule has 0 saturated carbocycles. The van der Waals surface area contributed by atoms with E-state index in [-0.39, 0.29) is 24.3 Å². The Morgan fingerprint density at radius 3 is 3.04 bits per heavy atom. The van der Waals surface area contributed by atoms with E-state index in [4.69, 9.17) is 0 Å². The fraction of sp³-hybridized carbons (Fsp3) is 0.333. The Bertz CT molecular complexity index is 1030. The number of carbonyl (C=O) groups excluding carboxylic acids is 2. The Kier molecular flexibility index (Phi) is 3.72. The third-order valence-corrected chi connectivity index (χ3v) is 5.84. The van der Waals surface area contributed by atoms with Crippen LogP contribution >= 0.6 is 0 Å². The maximum atomic E-state index is 13.2. The van der Waals surface area contributed by atoms with E-state index in [2.05, 4.69) is 15.0 Å². The zero-order valence-electron chi connectivity index (χ0n) is 15.6. The van der Waals surface area contributed by atoms with Crippen LogP contribution in [0.15, 0.2) is 53.7 Å². The second kappa shape index (κ2) is 6.15. The van der Waals surface area contributed by atoms with E-state index in [0.717, 1.165) is 29.7 Å². The average Bonchev–Trinajstić information content (AvgIpc) is 3.39. The molecule has 0 aliphatic carbocycles. The lowest BCUT2D eigenvalue weighted by atomic mass is 9.94. The molecule has 2 amide bonds. The van der Waals surface area contributed by atoms with Crippen molar-refractivity contribution in [2.75, 3.05) is 6.54 Å². The predicted octanol–water partition coefficient (Wildman–Crippen LogP) is 2.70. The molecule has 1 fully saturated rings. The van der Waals surface area contributed by atoms with Crippen molar-refractivity contribution in [1.82, 2.24) is 19.8 Å². The number of para-hydroxylation sites is 2. The van der Waals surface area contributed by atoms with Crippen LogP contribution < -0.4 is 0 Å². The smallest absolute Gasteiger partial charge is 0.274 e. The molecule has 1 aromatic heterocycles. The second-order valence-corrected chi connectivity index (χ2v) is 7.68. The van der Waals surface area contributed by atoms with Crippen LogP contribution in [0.1, 0.15) is 38.1 Å². The first-order chi connectivity index (χ1) is 13.6. The lowest BCUT2D eigenvalue weighted by Gasteiger charge is -2.34. The normalized spacial score (nSPS) is 26.2. The van der Waals surface area contributed by atoms with Crippen molar-refractivity contribution >= 4 is 28.7 Å². The Hall–Kier alpha value is -3.22. The molecule has 7 heteroatoms. The van der Waals surface area contributed by atoms with Gasteiger partial charge in [0.25, 0.3) is 5.91 Å². The summed E-state index contributed by atoms with van der Waals surface area (Å²) >= 11 is 0. The topological polar surface area (TPSA) is 81.7 Å². The van der Waals surface area contributed by atoms with Crippen LogP contribution in [0.2, 0.25) is 0 Å². The van der Waals surface area contributed by atoms with E-state index in [1.54, 1.807) is 17.9 Å². The first kappa shape index (κ1) is 16.9. The number of H-pyrrole nitrogens is 1. The van der Waals surface area contributed by atoms with Gasteiger partial charge in [0, 0.05) is 12.7 Å². The number of aromatic amines is 1. The number of fused-ring (bicyclic) bond motifs is 2. The average molecular weight is 375 g/mol. The van der Waals surface area contributed by atoms with Crippen LogP contribution in [0.25, 0.3) is 11.0 Å². The number of amidine groups is 1. The first-order valence-corrected chi connectivity index (χ1v) is 9.58. The highest BCUT2D eigenvalue weighted by Crippen LogP contribution is 2.35. The minimum atomic E-state index is -0.977. The molecular formula is C21H21N5O2. The summed E-state index contributed by atoms with van der Waals surface area (Å²) in [5.74, 6) is 1.09. The molecule has 2 atom stereocenters. The number of rotatable bonds is 3. The van der Waals surface area contributed by atoms with Gasteiger partial charge in [0.1, 0.15) is 17.2 Å². The van der Waals surface area contributed by atoms with E-state index in [0.29, 0.717) is 12.4 Å². The molecule has 7 nitrogen and oxygen atoms in total. The van der Waals surface area contributed by atoms with Gasteiger partial charge in [-0.2, -0.15) is 4.99 Å². The molecule has 0 unspecified atom stereocenters. The predicted molar refractivity (Wildman–Crippen MR) is 105 cm³/mol. The zero-order valence-corrected chi connectivity index (χ0v) is 15.6. The van der Waals surface area contributed by atoms with Crippen molar-refractivity contribution in [3.05, 3.63) is 54.5 Å². The summed E-state index contributed by atoms with van der Waals surface area (Å²) in [6.07, 6.45) is 9.18. The Morgan fingerprint density at radius 2 is 2.18 bits per heavy atom. The van der Waals surface area contributed by atoms with Crippen molar-refractivity contribution in [2.24, 2.45) is 4.99 Å². The van der Waals surface area contributed by atoms with Gasteiger partial charge >= 0.3 is 0 Å². The molecule has 3 aliphatic heterocycles. The second-order valence-electron chi connectivity index (χ2n) is 7.68. The zero-order chi connectivity index (χ0) is 19.3. The molecule has 0 bridgehead atoms. The summed E-state index contributed by atoms with van der Waals surface area (Å²) in [6, 6.07) is 7.78. The monoisotopic (exact) mass is 375 g/mol. The summed E-state index contributed by atoms with van der Waals surface area (Å²) in [7, 11) is 0. The van der Waals surface area contributed by atoms with Crippen molar-refractivity contribution in [2.45, 2.75) is 37.8 Å². The maximum Gasteiger partial charge on any atom is 0.274 e. The van der Waals surface area contributed by atoms with Gasteiger partial charge in [-0.1, -0.05) is 18.2 Å². The summed E-state index contributed by atoms with van der Waals surface area (Å²) < 4.78 is 0. The van der Waals surface area contributed by atoms with Gasteiger partial charge in [-0.3, -0.25) is 9.59 Å². The summed E-state index contributed by atoms with van der Waals surface area (Å²) in [6.45, 7) is 2.47. The number of aliphatic imine (C=N–C) groups is 1. The molecule has 0 radical (unpaired) electrons. The number of carbonyl (C=O) groups is 2. The van der Waals surface area contributed by atoms with Crippen molar-refractivity contribution in [3.63, 3.8) is 0 Å². The minimum absolute atomic E-state index is 0.0433. The van der Waals surface area contributed by atoms with E-state index >= 15 is 0 Å². The summed E-state index contributed by atoms with van der Waals surface area (Å²) in [5, 5.41) is 0.